The molecule has 25 nitrogen and oxygen atoms in total. The molecule has 116 heavy (non-hydrogen) atoms. The lowest BCUT2D eigenvalue weighted by molar-refractivity contribution is -0.360. The summed E-state index contributed by atoms with van der Waals surface area (Å²) in [6.07, 6.45) is 25.1. The summed E-state index contributed by atoms with van der Waals surface area (Å²) in [6, 6.07) is 0. The van der Waals surface area contributed by atoms with E-state index in [-0.39, 0.29) is 25.7 Å². The molecule has 0 spiro atoms. The Morgan fingerprint density at radius 1 is 0.362 bits per heavy atom. The van der Waals surface area contributed by atoms with Gasteiger partial charge in [-0.3, -0.25) is 28.2 Å². The second kappa shape index (κ2) is 68.6. The van der Waals surface area contributed by atoms with Gasteiger partial charge in [-0.05, 0) is 57.3 Å². The number of hydrogen-bond donors (Lipinski definition) is 10. The molecule has 3 aliphatic rings. The van der Waals surface area contributed by atoms with Crippen LogP contribution in [-0.2, 0) is 70.7 Å². The molecule has 0 aromatic rings. The molecule has 0 aromatic heterocycles. The summed E-state index contributed by atoms with van der Waals surface area (Å²) in [5.41, 5.74) is 0. The highest BCUT2D eigenvalue weighted by atomic mass is 31.2. The number of aliphatic hydroxyl groups excluding tert-OH is 9. The number of rotatable bonds is 75. The van der Waals surface area contributed by atoms with E-state index < -0.39 is 162 Å². The molecule has 26 heteroatoms. The smallest absolute Gasteiger partial charge is 0.463 e. The first-order chi connectivity index (χ1) is 56.1. The number of phosphoric acid groups is 1. The zero-order valence-corrected chi connectivity index (χ0v) is 73.6. The number of aliphatic hydroxyl groups is 9. The molecule has 1 saturated carbocycles. The van der Waals surface area contributed by atoms with Crippen molar-refractivity contribution >= 4 is 31.7 Å². The van der Waals surface area contributed by atoms with E-state index in [0.717, 1.165) is 122 Å². The van der Waals surface area contributed by atoms with Gasteiger partial charge in [0.25, 0.3) is 0 Å². The van der Waals surface area contributed by atoms with Crippen LogP contribution in [0.4, 0.5) is 0 Å². The Balaban J connectivity index is 1.92. The number of carbonyl (C=O) groups excluding carboxylic acids is 4. The van der Waals surface area contributed by atoms with Crippen LogP contribution in [0.3, 0.4) is 0 Å². The lowest BCUT2D eigenvalue weighted by Crippen LogP contribution is -2.70. The monoisotopic (exact) mass is 1680 g/mol. The Labute approximate surface area is 699 Å². The molecular weight excluding hydrogens is 1510 g/mol. The van der Waals surface area contributed by atoms with Gasteiger partial charge in [0.15, 0.2) is 24.8 Å². The van der Waals surface area contributed by atoms with Crippen molar-refractivity contribution in [3.8, 4) is 0 Å². The zero-order chi connectivity index (χ0) is 84.8. The van der Waals surface area contributed by atoms with Gasteiger partial charge in [0.1, 0.15) is 92.6 Å². The zero-order valence-electron chi connectivity index (χ0n) is 72.7. The highest BCUT2D eigenvalue weighted by molar-refractivity contribution is 7.47. The minimum atomic E-state index is -5.81. The maximum atomic E-state index is 14.9. The van der Waals surface area contributed by atoms with Crippen LogP contribution in [0.2, 0.25) is 0 Å². The van der Waals surface area contributed by atoms with Crippen molar-refractivity contribution in [3.05, 3.63) is 12.2 Å². The summed E-state index contributed by atoms with van der Waals surface area (Å²) in [7, 11) is -5.81. The summed E-state index contributed by atoms with van der Waals surface area (Å²) in [6.45, 7) is 7.91. The van der Waals surface area contributed by atoms with Crippen LogP contribution in [0.1, 0.15) is 401 Å². The topological polar surface area (TPSA) is 380 Å². The first-order valence-electron chi connectivity index (χ1n) is 46.8. The summed E-state index contributed by atoms with van der Waals surface area (Å²) in [5.74, 6) is -2.29. The fourth-order valence-corrected chi connectivity index (χ4v) is 16.6. The third kappa shape index (κ3) is 48.9. The Morgan fingerprint density at radius 2 is 0.698 bits per heavy atom. The van der Waals surface area contributed by atoms with Crippen LogP contribution in [-0.4, -0.2) is 205 Å². The standard InChI is InChI=1S/C90H167O25P/c1-6-10-14-18-22-25-28-31-32-35-36-39-42-49-56-62-74(93)107-68-72-78(97)80(99)84(103)90(111-72)114-87-85(112-76(95)64-58-52-44-41-38-34-30-27-24-20-16-12-8-3)81(100)82(101)86(113-89-83(102)79(98)77(96)71(65-91)110-89)88(87)115-116(104,105)108-67-70(109-75(94)63-57-51-43-40-37-33-29-26-23-19-15-11-7-2)66-106-73(92)61-55-50-46-45-48-54-60-69(5)59-53-47-21-17-13-9-4/h33,37,69-72,77-91,96-103H,6-32,34-36,38-68H2,1-5H3,(H,104,105)/b37-33-. The molecule has 682 valence electrons. The van der Waals surface area contributed by atoms with Crippen molar-refractivity contribution in [1.29, 1.82) is 0 Å². The second-order valence-corrected chi connectivity index (χ2v) is 35.2. The Morgan fingerprint density at radius 3 is 1.12 bits per heavy atom. The summed E-state index contributed by atoms with van der Waals surface area (Å²) >= 11 is 0. The number of allylic oxidation sites excluding steroid dienone is 2. The lowest BCUT2D eigenvalue weighted by Gasteiger charge is -2.50. The summed E-state index contributed by atoms with van der Waals surface area (Å²) < 4.78 is 73.4. The molecule has 19 unspecified atom stereocenters. The van der Waals surface area contributed by atoms with E-state index in [4.69, 9.17) is 46.9 Å². The molecule has 10 N–H and O–H groups in total. The maximum absolute atomic E-state index is 14.9. The van der Waals surface area contributed by atoms with Crippen LogP contribution >= 0.6 is 7.82 Å². The van der Waals surface area contributed by atoms with Crippen molar-refractivity contribution in [3.63, 3.8) is 0 Å². The fourth-order valence-electron chi connectivity index (χ4n) is 15.6. The van der Waals surface area contributed by atoms with Gasteiger partial charge in [-0.15, -0.1) is 0 Å². The Bertz CT molecular complexity index is 2480. The third-order valence-corrected chi connectivity index (χ3v) is 24.2. The number of hydrogen-bond acceptors (Lipinski definition) is 24. The molecule has 19 atom stereocenters. The molecule has 2 saturated heterocycles. The quantitative estimate of drug-likeness (QED) is 0.00889. The van der Waals surface area contributed by atoms with Crippen molar-refractivity contribution in [2.45, 2.75) is 505 Å². The van der Waals surface area contributed by atoms with Gasteiger partial charge in [0, 0.05) is 25.7 Å². The van der Waals surface area contributed by atoms with Gasteiger partial charge < -0.3 is 88.7 Å². The number of esters is 4. The highest BCUT2D eigenvalue weighted by Crippen LogP contribution is 2.49. The summed E-state index contributed by atoms with van der Waals surface area (Å²) in [5, 5.41) is 102. The third-order valence-electron chi connectivity index (χ3n) is 23.2. The minimum absolute atomic E-state index is 0.0180. The van der Waals surface area contributed by atoms with E-state index in [1.165, 1.54) is 180 Å². The molecule has 2 aliphatic heterocycles. The minimum Gasteiger partial charge on any atom is -0.463 e. The van der Waals surface area contributed by atoms with Crippen molar-refractivity contribution in [2.75, 3.05) is 26.4 Å². The molecule has 0 bridgehead atoms. The van der Waals surface area contributed by atoms with E-state index in [1.54, 1.807) is 0 Å². The molecule has 1 aliphatic carbocycles. The van der Waals surface area contributed by atoms with Crippen molar-refractivity contribution < 1.29 is 122 Å². The van der Waals surface area contributed by atoms with Crippen molar-refractivity contribution in [1.82, 2.24) is 0 Å². The first kappa shape index (κ1) is 107. The van der Waals surface area contributed by atoms with Gasteiger partial charge >= 0.3 is 31.7 Å². The van der Waals surface area contributed by atoms with Crippen LogP contribution in [0.15, 0.2) is 12.2 Å². The predicted molar refractivity (Wildman–Crippen MR) is 449 cm³/mol. The van der Waals surface area contributed by atoms with Crippen LogP contribution in [0.5, 0.6) is 0 Å². The highest BCUT2D eigenvalue weighted by Gasteiger charge is 2.60. The Kier molecular flexibility index (Phi) is 63.5. The number of unbranched alkanes of at least 4 members (excludes halogenated alkanes) is 45. The SMILES string of the molecule is CCCCCCCC/C=C\CCCCCC(=O)OC(COC(=O)CCCCCCCCC(C)CCCCCCCC)COP(=O)(O)OC1C(OC2OC(CO)C(O)C(O)C2O)C(O)C(O)C(OC(=O)CCCCCCCCCCCCCCC)C1OC1OC(COC(=O)CCCCCCCCCCCCCCCCC)C(O)C(O)C1O. The largest absolute Gasteiger partial charge is 0.472 e. The maximum Gasteiger partial charge on any atom is 0.472 e. The van der Waals surface area contributed by atoms with E-state index in [2.05, 4.69) is 46.8 Å². The van der Waals surface area contributed by atoms with Gasteiger partial charge in [-0.25, -0.2) is 4.57 Å². The van der Waals surface area contributed by atoms with Crippen LogP contribution in [0.25, 0.3) is 0 Å². The first-order valence-corrected chi connectivity index (χ1v) is 48.3. The Hall–Kier alpha value is -2.79. The van der Waals surface area contributed by atoms with E-state index in [0.29, 0.717) is 44.4 Å². The summed E-state index contributed by atoms with van der Waals surface area (Å²) in [4.78, 5) is 66.4. The van der Waals surface area contributed by atoms with Gasteiger partial charge in [0.2, 0.25) is 0 Å². The fraction of sp³-hybridized carbons (Fsp3) is 0.933. The predicted octanol–water partition coefficient (Wildman–Crippen LogP) is 17.0. The normalized spacial score (nSPS) is 25.4. The average molecular weight is 1680 g/mol. The van der Waals surface area contributed by atoms with Crippen LogP contribution < -0.4 is 0 Å². The number of phosphoric ester groups is 1. The van der Waals surface area contributed by atoms with E-state index in [1.807, 2.05) is 0 Å². The average Bonchev–Trinajstić information content (AvgIpc) is 0.754. The van der Waals surface area contributed by atoms with Crippen molar-refractivity contribution in [2.24, 2.45) is 5.92 Å². The van der Waals surface area contributed by atoms with Gasteiger partial charge in [-0.2, -0.15) is 0 Å². The molecule has 0 aromatic carbocycles. The molecule has 3 rings (SSSR count). The molecule has 3 fully saturated rings. The lowest BCUT2D eigenvalue weighted by atomic mass is 9.84. The van der Waals surface area contributed by atoms with E-state index >= 15 is 0 Å². The molecule has 0 radical (unpaired) electrons. The molecule has 2 heterocycles. The van der Waals surface area contributed by atoms with Gasteiger partial charge in [0.05, 0.1) is 13.2 Å². The second-order valence-electron chi connectivity index (χ2n) is 33.8. The van der Waals surface area contributed by atoms with E-state index in [9.17, 15) is 74.6 Å². The van der Waals surface area contributed by atoms with Crippen LogP contribution in [0, 0.1) is 5.92 Å². The van der Waals surface area contributed by atoms with Gasteiger partial charge in [-0.1, -0.05) is 336 Å². The molecular formula is C90H167O25P. The number of ether oxygens (including phenoxy) is 8. The number of carbonyl (C=O) groups is 4. The molecule has 0 amide bonds.